The molecule has 0 aliphatic carbocycles. The molecule has 0 aromatic heterocycles. The summed E-state index contributed by atoms with van der Waals surface area (Å²) in [5, 5.41) is 13.4. The van der Waals surface area contributed by atoms with Gasteiger partial charge in [-0.3, -0.25) is 4.79 Å². The highest BCUT2D eigenvalue weighted by Gasteiger charge is 2.38. The first-order valence-electron chi connectivity index (χ1n) is 14.1. The van der Waals surface area contributed by atoms with Crippen LogP contribution in [0, 0.1) is 0 Å². The van der Waals surface area contributed by atoms with Gasteiger partial charge in [-0.1, -0.05) is 110 Å². The van der Waals surface area contributed by atoms with Crippen molar-refractivity contribution in [1.29, 1.82) is 0 Å². The first-order chi connectivity index (χ1) is 20.5. The summed E-state index contributed by atoms with van der Waals surface area (Å²) in [5.41, 5.74) is 3.62. The van der Waals surface area contributed by atoms with Gasteiger partial charge in [-0.05, 0) is 23.1 Å². The molecular weight excluding hydrogens is 550 g/mol. The fraction of sp³-hybridized carbons (Fsp3) is 0.353. The Morgan fingerprint density at radius 3 is 1.90 bits per heavy atom. The van der Waals surface area contributed by atoms with Crippen molar-refractivity contribution < 1.29 is 28.9 Å². The van der Waals surface area contributed by atoms with E-state index < -0.39 is 16.8 Å². The maximum atomic E-state index is 12.2. The van der Waals surface area contributed by atoms with E-state index in [1.807, 2.05) is 36.0 Å². The number of hydrogen-bond acceptors (Lipinski definition) is 7. The third-order valence-electron chi connectivity index (χ3n) is 6.53. The van der Waals surface area contributed by atoms with Crippen molar-refractivity contribution in [2.45, 2.75) is 35.9 Å². The summed E-state index contributed by atoms with van der Waals surface area (Å²) in [6, 6.07) is 31.7. The standard InChI is InChI=1S/C34H41NO6S/c1-27(13-12-20-31(36)25-32(37)35-21-22-40-23-24-41-26-33(38)39-2)42-34(28-14-6-3-7-15-28,29-16-8-4-9-17-29)30-18-10-5-11-19-30/h3-12,14-20,27,31,36H,13,21-26H2,1-2H3,(H,35,37)/b20-12+/t27-,31?/m0/s1. The van der Waals surface area contributed by atoms with Gasteiger partial charge in [-0.2, -0.15) is 0 Å². The lowest BCUT2D eigenvalue weighted by atomic mass is 9.84. The van der Waals surface area contributed by atoms with Gasteiger partial charge >= 0.3 is 5.97 Å². The number of esters is 1. The first kappa shape index (κ1) is 33.1. The molecule has 3 aromatic carbocycles. The fourth-order valence-corrected chi connectivity index (χ4v) is 6.15. The Labute approximate surface area is 253 Å². The van der Waals surface area contributed by atoms with Crippen molar-refractivity contribution in [3.8, 4) is 0 Å². The number of carbonyl (C=O) groups excluding carboxylic acids is 2. The second-order valence-electron chi connectivity index (χ2n) is 9.73. The van der Waals surface area contributed by atoms with Crippen LogP contribution in [0.3, 0.4) is 0 Å². The molecule has 2 atom stereocenters. The van der Waals surface area contributed by atoms with Gasteiger partial charge in [0.1, 0.15) is 6.61 Å². The highest BCUT2D eigenvalue weighted by atomic mass is 32.2. The molecule has 8 heteroatoms. The van der Waals surface area contributed by atoms with Crippen molar-refractivity contribution >= 4 is 23.6 Å². The second-order valence-corrected chi connectivity index (χ2v) is 11.4. The van der Waals surface area contributed by atoms with E-state index in [0.717, 1.165) is 6.42 Å². The van der Waals surface area contributed by atoms with Crippen LogP contribution in [0.5, 0.6) is 0 Å². The molecule has 3 rings (SSSR count). The van der Waals surface area contributed by atoms with Crippen LogP contribution in [0.15, 0.2) is 103 Å². The number of benzene rings is 3. The molecule has 7 nitrogen and oxygen atoms in total. The number of hydrogen-bond donors (Lipinski definition) is 2. The minimum Gasteiger partial charge on any atom is -0.467 e. The van der Waals surface area contributed by atoms with Crippen LogP contribution < -0.4 is 5.32 Å². The molecule has 3 aromatic rings. The molecule has 42 heavy (non-hydrogen) atoms. The average molecular weight is 592 g/mol. The van der Waals surface area contributed by atoms with Crippen molar-refractivity contribution in [3.63, 3.8) is 0 Å². The Bertz CT molecular complexity index is 1130. The van der Waals surface area contributed by atoms with E-state index >= 15 is 0 Å². The largest absolute Gasteiger partial charge is 0.467 e. The van der Waals surface area contributed by atoms with E-state index in [4.69, 9.17) is 9.47 Å². The number of thioether (sulfide) groups is 1. The molecule has 0 bridgehead atoms. The molecule has 1 unspecified atom stereocenters. The first-order valence-corrected chi connectivity index (χ1v) is 15.0. The van der Waals surface area contributed by atoms with E-state index in [1.165, 1.54) is 23.8 Å². The average Bonchev–Trinajstić information content (AvgIpc) is 3.02. The zero-order valence-corrected chi connectivity index (χ0v) is 25.1. The summed E-state index contributed by atoms with van der Waals surface area (Å²) in [7, 11) is 1.30. The minimum absolute atomic E-state index is 0.0255. The topological polar surface area (TPSA) is 94.1 Å². The summed E-state index contributed by atoms with van der Waals surface area (Å²) in [6.07, 6.45) is 3.47. The molecule has 0 aliphatic rings. The summed E-state index contributed by atoms with van der Waals surface area (Å²) in [5.74, 6) is -0.695. The predicted octanol–water partition coefficient (Wildman–Crippen LogP) is 5.12. The maximum Gasteiger partial charge on any atom is 0.331 e. The molecule has 0 fully saturated rings. The van der Waals surface area contributed by atoms with Crippen LogP contribution in [-0.4, -0.2) is 68.4 Å². The fourth-order valence-electron chi connectivity index (χ4n) is 4.53. The van der Waals surface area contributed by atoms with Gasteiger partial charge in [0.2, 0.25) is 5.91 Å². The SMILES string of the molecule is COC(=O)COCCOCCNC(=O)CC(O)/C=C/C[C@H](C)SC(c1ccccc1)(c1ccccc1)c1ccccc1. The van der Waals surface area contributed by atoms with Crippen molar-refractivity contribution in [2.24, 2.45) is 0 Å². The highest BCUT2D eigenvalue weighted by molar-refractivity contribution is 8.01. The molecule has 0 spiro atoms. The molecular formula is C34H41NO6S. The monoisotopic (exact) mass is 591 g/mol. The molecule has 0 heterocycles. The molecule has 0 aliphatic heterocycles. The van der Waals surface area contributed by atoms with Crippen LogP contribution in [0.4, 0.5) is 0 Å². The molecule has 0 saturated carbocycles. The van der Waals surface area contributed by atoms with E-state index in [2.05, 4.69) is 89.8 Å². The van der Waals surface area contributed by atoms with Gasteiger partial charge in [0, 0.05) is 11.8 Å². The third-order valence-corrected chi connectivity index (χ3v) is 8.18. The highest BCUT2D eigenvalue weighted by Crippen LogP contribution is 2.50. The number of allylic oxidation sites excluding steroid dienone is 1. The smallest absolute Gasteiger partial charge is 0.331 e. The quantitative estimate of drug-likeness (QED) is 0.0918. The Morgan fingerprint density at radius 2 is 1.38 bits per heavy atom. The Hall–Kier alpha value is -3.43. The van der Waals surface area contributed by atoms with Gasteiger partial charge in [0.05, 0.1) is 44.2 Å². The number of amides is 1. The lowest BCUT2D eigenvalue weighted by Gasteiger charge is -2.37. The van der Waals surface area contributed by atoms with E-state index in [9.17, 15) is 14.7 Å². The number of ether oxygens (including phenoxy) is 3. The molecule has 1 amide bonds. The molecule has 2 N–H and O–H groups in total. The van der Waals surface area contributed by atoms with E-state index in [-0.39, 0.29) is 30.8 Å². The van der Waals surface area contributed by atoms with Crippen LogP contribution in [0.25, 0.3) is 0 Å². The number of carbonyl (C=O) groups is 2. The summed E-state index contributed by atoms with van der Waals surface area (Å²) < 4.78 is 14.5. The van der Waals surface area contributed by atoms with Crippen molar-refractivity contribution in [2.75, 3.05) is 40.1 Å². The minimum atomic E-state index is -0.878. The second kappa shape index (κ2) is 18.2. The van der Waals surface area contributed by atoms with Crippen LogP contribution in [0.2, 0.25) is 0 Å². The van der Waals surface area contributed by atoms with Gasteiger partial charge in [-0.15, -0.1) is 11.8 Å². The van der Waals surface area contributed by atoms with Gasteiger partial charge < -0.3 is 24.6 Å². The maximum absolute atomic E-state index is 12.2. The summed E-state index contributed by atoms with van der Waals surface area (Å²) in [4.78, 5) is 23.2. The van der Waals surface area contributed by atoms with Crippen LogP contribution in [0.1, 0.15) is 36.5 Å². The van der Waals surface area contributed by atoms with Crippen LogP contribution >= 0.6 is 11.8 Å². The van der Waals surface area contributed by atoms with E-state index in [0.29, 0.717) is 19.8 Å². The number of aliphatic hydroxyl groups excluding tert-OH is 1. The third kappa shape index (κ3) is 10.4. The number of nitrogens with one attached hydrogen (secondary N) is 1. The number of rotatable bonds is 18. The summed E-state index contributed by atoms with van der Waals surface area (Å²) in [6.45, 7) is 3.26. The lowest BCUT2D eigenvalue weighted by molar-refractivity contribution is -0.146. The molecule has 0 saturated heterocycles. The normalized spacial score (nSPS) is 13.0. The van der Waals surface area contributed by atoms with E-state index in [1.54, 1.807) is 6.08 Å². The zero-order chi connectivity index (χ0) is 30.0. The number of aliphatic hydroxyl groups is 1. The Kier molecular flexibility index (Phi) is 14.3. The zero-order valence-electron chi connectivity index (χ0n) is 24.3. The number of methoxy groups -OCH3 is 1. The van der Waals surface area contributed by atoms with Crippen molar-refractivity contribution in [1.82, 2.24) is 5.32 Å². The Morgan fingerprint density at radius 1 is 0.857 bits per heavy atom. The van der Waals surface area contributed by atoms with Gasteiger partial charge in [0.25, 0.3) is 0 Å². The Balaban J connectivity index is 1.52. The lowest BCUT2D eigenvalue weighted by Crippen LogP contribution is -2.30. The summed E-state index contributed by atoms with van der Waals surface area (Å²) >= 11 is 1.88. The molecule has 224 valence electrons. The van der Waals surface area contributed by atoms with Crippen molar-refractivity contribution in [3.05, 3.63) is 120 Å². The van der Waals surface area contributed by atoms with Gasteiger partial charge in [0.15, 0.2) is 0 Å². The van der Waals surface area contributed by atoms with Crippen LogP contribution in [-0.2, 0) is 28.5 Å². The predicted molar refractivity (Wildman–Crippen MR) is 167 cm³/mol. The molecule has 0 radical (unpaired) electrons. The van der Waals surface area contributed by atoms with Gasteiger partial charge in [-0.25, -0.2) is 4.79 Å².